The van der Waals surface area contributed by atoms with Gasteiger partial charge in [-0.25, -0.2) is 18.4 Å². The number of rotatable bonds is 7. The predicted octanol–water partition coefficient (Wildman–Crippen LogP) is 4.20. The van der Waals surface area contributed by atoms with E-state index in [4.69, 9.17) is 30.9 Å². The highest BCUT2D eigenvalue weighted by Crippen LogP contribution is 2.32. The van der Waals surface area contributed by atoms with Gasteiger partial charge in [-0.1, -0.05) is 42.5 Å². The first kappa shape index (κ1) is 35.5. The second kappa shape index (κ2) is 14.4. The molecular weight excluding hydrogens is 612 g/mol. The fraction of sp³-hybridized carbons (Fsp3) is 0.312. The number of carboxylic acid groups (broad SMARTS) is 1. The average molecular weight is 653 g/mol. The molecule has 0 saturated carbocycles. The van der Waals surface area contributed by atoms with Crippen LogP contribution in [0.5, 0.6) is 0 Å². The molecule has 14 heteroatoms. The quantitative estimate of drug-likeness (QED) is 0.159. The summed E-state index contributed by atoms with van der Waals surface area (Å²) in [5, 5.41) is 26.9. The molecular formula is C32H40N6O7S. The van der Waals surface area contributed by atoms with Crippen molar-refractivity contribution in [3.63, 3.8) is 0 Å². The summed E-state index contributed by atoms with van der Waals surface area (Å²) in [5.41, 5.74) is 6.65. The highest BCUT2D eigenvalue weighted by molar-refractivity contribution is 7.89. The highest BCUT2D eigenvalue weighted by atomic mass is 32.2. The molecule has 4 rings (SSSR count). The number of nitrogens with one attached hydrogen (secondary N) is 3. The zero-order valence-electron chi connectivity index (χ0n) is 26.2. The van der Waals surface area contributed by atoms with Crippen molar-refractivity contribution in [2.75, 3.05) is 23.7 Å². The SMILES string of the molecule is CC(=O)O.CC(C)(C)OC(=O)N1CCC(Nc2cccc(C(=N)N)c2)(C(=O)Nc2ccc(-c3ccccc3S(N)(=O)=O)cc2)CC1. The third kappa shape index (κ3) is 9.78. The van der Waals surface area contributed by atoms with Crippen LogP contribution in [0.15, 0.2) is 77.7 Å². The molecule has 1 saturated heterocycles. The van der Waals surface area contributed by atoms with Gasteiger partial charge in [0.05, 0.1) is 4.90 Å². The fourth-order valence-corrected chi connectivity index (χ4v) is 5.54. The van der Waals surface area contributed by atoms with Crippen LogP contribution in [0.2, 0.25) is 0 Å². The van der Waals surface area contributed by atoms with E-state index in [1.807, 2.05) is 0 Å². The van der Waals surface area contributed by atoms with E-state index in [1.54, 1.807) is 92.4 Å². The maximum atomic E-state index is 13.9. The Morgan fingerprint density at radius 3 is 2.09 bits per heavy atom. The molecule has 8 N–H and O–H groups in total. The summed E-state index contributed by atoms with van der Waals surface area (Å²) in [6, 6.07) is 20.2. The molecule has 3 aromatic carbocycles. The van der Waals surface area contributed by atoms with Gasteiger partial charge in [-0.05, 0) is 69.5 Å². The summed E-state index contributed by atoms with van der Waals surface area (Å²) in [4.78, 5) is 37.2. The largest absolute Gasteiger partial charge is 0.481 e. The first-order valence-corrected chi connectivity index (χ1v) is 15.9. The molecule has 0 unspecified atom stereocenters. The second-order valence-electron chi connectivity index (χ2n) is 11.8. The van der Waals surface area contributed by atoms with Crippen molar-refractivity contribution < 1.29 is 32.6 Å². The molecule has 0 atom stereocenters. The number of nitrogen functional groups attached to an aromatic ring is 1. The summed E-state index contributed by atoms with van der Waals surface area (Å²) in [7, 11) is -3.93. The van der Waals surface area contributed by atoms with Gasteiger partial charge < -0.3 is 31.1 Å². The van der Waals surface area contributed by atoms with E-state index in [-0.39, 0.29) is 29.7 Å². The number of likely N-dealkylation sites (tertiary alicyclic amines) is 1. The minimum atomic E-state index is -3.93. The van der Waals surface area contributed by atoms with E-state index in [0.29, 0.717) is 40.9 Å². The van der Waals surface area contributed by atoms with Crippen LogP contribution in [0.3, 0.4) is 0 Å². The van der Waals surface area contributed by atoms with Crippen LogP contribution in [0.25, 0.3) is 11.1 Å². The summed E-state index contributed by atoms with van der Waals surface area (Å²) >= 11 is 0. The van der Waals surface area contributed by atoms with Crippen LogP contribution in [0.1, 0.15) is 46.1 Å². The Morgan fingerprint density at radius 2 is 1.54 bits per heavy atom. The summed E-state index contributed by atoms with van der Waals surface area (Å²) in [6.07, 6.45) is 0.148. The van der Waals surface area contributed by atoms with E-state index >= 15 is 0 Å². The number of hydrogen-bond donors (Lipinski definition) is 6. The van der Waals surface area contributed by atoms with Crippen LogP contribution in [0.4, 0.5) is 16.2 Å². The van der Waals surface area contributed by atoms with E-state index in [9.17, 15) is 18.0 Å². The number of carbonyl (C=O) groups excluding carboxylic acids is 2. The van der Waals surface area contributed by atoms with Crippen LogP contribution in [-0.4, -0.2) is 66.5 Å². The van der Waals surface area contributed by atoms with Crippen molar-refractivity contribution in [2.45, 2.75) is 56.6 Å². The lowest BCUT2D eigenvalue weighted by Gasteiger charge is -2.42. The number of benzene rings is 3. The molecule has 0 radical (unpaired) electrons. The number of anilines is 2. The number of aliphatic carboxylic acids is 1. The van der Waals surface area contributed by atoms with Gasteiger partial charge in [0.1, 0.15) is 17.0 Å². The second-order valence-corrected chi connectivity index (χ2v) is 13.3. The smallest absolute Gasteiger partial charge is 0.410 e. The van der Waals surface area contributed by atoms with Crippen LogP contribution in [-0.2, 0) is 24.3 Å². The summed E-state index contributed by atoms with van der Waals surface area (Å²) in [5.74, 6) is -1.24. The van der Waals surface area contributed by atoms with E-state index in [2.05, 4.69) is 10.6 Å². The Bertz CT molecular complexity index is 1690. The first-order valence-electron chi connectivity index (χ1n) is 14.3. The zero-order chi connectivity index (χ0) is 34.3. The van der Waals surface area contributed by atoms with Crippen molar-refractivity contribution >= 4 is 45.2 Å². The Morgan fingerprint density at radius 1 is 0.957 bits per heavy atom. The maximum absolute atomic E-state index is 13.9. The Hall–Kier alpha value is -4.95. The van der Waals surface area contributed by atoms with E-state index in [0.717, 1.165) is 6.92 Å². The highest BCUT2D eigenvalue weighted by Gasteiger charge is 2.43. The maximum Gasteiger partial charge on any atom is 0.410 e. The Balaban J connectivity index is 0.00000136. The van der Waals surface area contributed by atoms with Crippen molar-refractivity contribution in [3.05, 3.63) is 78.4 Å². The molecule has 46 heavy (non-hydrogen) atoms. The number of nitrogens with zero attached hydrogens (tertiary/aromatic N) is 1. The summed E-state index contributed by atoms with van der Waals surface area (Å²) in [6.45, 7) is 7.05. The summed E-state index contributed by atoms with van der Waals surface area (Å²) < 4.78 is 29.6. The number of piperidine rings is 1. The van der Waals surface area contributed by atoms with Gasteiger partial charge in [0, 0.05) is 42.5 Å². The number of amidine groups is 1. The van der Waals surface area contributed by atoms with E-state index < -0.39 is 33.2 Å². The fourth-order valence-electron chi connectivity index (χ4n) is 4.78. The molecule has 1 fully saturated rings. The third-order valence-electron chi connectivity index (χ3n) is 6.91. The minimum Gasteiger partial charge on any atom is -0.481 e. The number of carbonyl (C=O) groups is 3. The monoisotopic (exact) mass is 652 g/mol. The van der Waals surface area contributed by atoms with Crippen molar-refractivity contribution in [2.24, 2.45) is 10.9 Å². The molecule has 13 nitrogen and oxygen atoms in total. The normalized spacial score (nSPS) is 14.2. The molecule has 0 aliphatic carbocycles. The molecule has 0 aromatic heterocycles. The number of carboxylic acids is 1. The molecule has 0 spiro atoms. The molecule has 0 bridgehead atoms. The molecule has 1 heterocycles. The van der Waals surface area contributed by atoms with Crippen molar-refractivity contribution in [1.29, 1.82) is 5.41 Å². The number of primary sulfonamides is 1. The minimum absolute atomic E-state index is 0.00877. The molecule has 246 valence electrons. The number of nitrogens with two attached hydrogens (primary N) is 2. The number of amides is 2. The number of ether oxygens (including phenoxy) is 1. The van der Waals surface area contributed by atoms with Crippen LogP contribution < -0.4 is 21.5 Å². The zero-order valence-corrected chi connectivity index (χ0v) is 27.0. The van der Waals surface area contributed by atoms with Crippen LogP contribution in [0, 0.1) is 5.41 Å². The van der Waals surface area contributed by atoms with Gasteiger partial charge in [-0.15, -0.1) is 0 Å². The Kier molecular flexibility index (Phi) is 11.1. The molecule has 2 amide bonds. The first-order chi connectivity index (χ1) is 21.4. The lowest BCUT2D eigenvalue weighted by atomic mass is 9.85. The lowest BCUT2D eigenvalue weighted by molar-refractivity contribution is -0.134. The van der Waals surface area contributed by atoms with Gasteiger partial charge in [0.25, 0.3) is 5.97 Å². The number of sulfonamides is 1. The lowest BCUT2D eigenvalue weighted by Crippen LogP contribution is -2.57. The predicted molar refractivity (Wildman–Crippen MR) is 176 cm³/mol. The van der Waals surface area contributed by atoms with Gasteiger partial charge in [-0.2, -0.15) is 0 Å². The van der Waals surface area contributed by atoms with Crippen LogP contribution >= 0.6 is 0 Å². The van der Waals surface area contributed by atoms with E-state index in [1.165, 1.54) is 6.07 Å². The topological polar surface area (TPSA) is 218 Å². The van der Waals surface area contributed by atoms with Crippen molar-refractivity contribution in [3.8, 4) is 11.1 Å². The molecule has 1 aliphatic rings. The van der Waals surface area contributed by atoms with Gasteiger partial charge in [-0.3, -0.25) is 15.0 Å². The Labute approximate surface area is 268 Å². The van der Waals surface area contributed by atoms with Gasteiger partial charge in [0.15, 0.2) is 0 Å². The van der Waals surface area contributed by atoms with Gasteiger partial charge in [0.2, 0.25) is 15.9 Å². The van der Waals surface area contributed by atoms with Gasteiger partial charge >= 0.3 is 6.09 Å². The number of hydrogen-bond acceptors (Lipinski definition) is 8. The van der Waals surface area contributed by atoms with Crippen molar-refractivity contribution in [1.82, 2.24) is 4.90 Å². The average Bonchev–Trinajstić information content (AvgIpc) is 2.96. The molecule has 1 aliphatic heterocycles. The standard InChI is InChI=1S/C30H36N6O5S.C2H4O2/c1-29(2,3)41-28(38)36-17-15-30(16-18-36,35-23-8-6-7-21(19-23)26(31)32)27(37)34-22-13-11-20(12-14-22)24-9-4-5-10-25(24)42(33,39)40;1-2(3)4/h4-14,19,35H,15-18H2,1-3H3,(H3,31,32)(H,34,37)(H2,33,39,40);1H3,(H,3,4). The third-order valence-corrected chi connectivity index (χ3v) is 7.88. The molecule has 3 aromatic rings.